The van der Waals surface area contributed by atoms with Gasteiger partial charge in [-0.2, -0.15) is 0 Å². The van der Waals surface area contributed by atoms with Crippen molar-refractivity contribution in [3.05, 3.63) is 56.2 Å². The summed E-state index contributed by atoms with van der Waals surface area (Å²) in [6.45, 7) is 1.20. The number of hydrogen-bond acceptors (Lipinski definition) is 3. The Bertz CT molecular complexity index is 756. The predicted octanol–water partition coefficient (Wildman–Crippen LogP) is 4.02. The number of nitrogens with one attached hydrogen (secondary N) is 1. The molecule has 0 spiro atoms. The van der Waals surface area contributed by atoms with E-state index in [2.05, 4.69) is 5.32 Å². The van der Waals surface area contributed by atoms with Crippen LogP contribution in [0, 0.1) is 0 Å². The molecule has 3 rings (SSSR count). The number of likely N-dealkylation sites (tertiary alicyclic amines) is 1. The van der Waals surface area contributed by atoms with E-state index in [0.29, 0.717) is 35.1 Å². The molecule has 7 heteroatoms. The molecule has 4 nitrogen and oxygen atoms in total. The molecule has 1 aromatic heterocycles. The highest BCUT2D eigenvalue weighted by atomic mass is 35.5. The van der Waals surface area contributed by atoms with Gasteiger partial charge in [-0.1, -0.05) is 29.3 Å². The van der Waals surface area contributed by atoms with Crippen LogP contribution in [0.4, 0.5) is 0 Å². The van der Waals surface area contributed by atoms with Crippen molar-refractivity contribution in [1.29, 1.82) is 0 Å². The summed E-state index contributed by atoms with van der Waals surface area (Å²) in [6, 6.07) is 8.91. The third-order valence-electron chi connectivity index (χ3n) is 4.22. The number of carbonyl (C=O) groups is 2. The molecular weight excluding hydrogens is 379 g/mol. The first-order valence-corrected chi connectivity index (χ1v) is 9.72. The van der Waals surface area contributed by atoms with Crippen LogP contribution in [0.1, 0.15) is 28.1 Å². The van der Waals surface area contributed by atoms with Gasteiger partial charge in [-0.25, -0.2) is 0 Å². The zero-order chi connectivity index (χ0) is 17.8. The van der Waals surface area contributed by atoms with Crippen LogP contribution in [0.15, 0.2) is 35.7 Å². The molecular formula is C18H18Cl2N2O2S. The van der Waals surface area contributed by atoms with Crippen molar-refractivity contribution >= 4 is 46.4 Å². The summed E-state index contributed by atoms with van der Waals surface area (Å²) in [5, 5.41) is 5.90. The number of hydrogen-bond donors (Lipinski definition) is 1. The summed E-state index contributed by atoms with van der Waals surface area (Å²) < 4.78 is 0. The van der Waals surface area contributed by atoms with Crippen LogP contribution < -0.4 is 5.32 Å². The average Bonchev–Trinajstić information content (AvgIpc) is 3.08. The van der Waals surface area contributed by atoms with Crippen molar-refractivity contribution in [3.63, 3.8) is 0 Å². The highest BCUT2D eigenvalue weighted by Crippen LogP contribution is 2.23. The van der Waals surface area contributed by atoms with Crippen molar-refractivity contribution in [3.8, 4) is 0 Å². The van der Waals surface area contributed by atoms with E-state index >= 15 is 0 Å². The minimum atomic E-state index is -0.0926. The van der Waals surface area contributed by atoms with Gasteiger partial charge in [0.1, 0.15) is 0 Å². The standard InChI is InChI=1S/C18H18Cl2N2O2S/c19-12-3-4-15(16(20)10-12)18(24)22-7-5-13(6-8-22)21-17(23)11-14-2-1-9-25-14/h1-4,9-10,13H,5-8,11H2,(H,21,23). The molecule has 1 saturated heterocycles. The van der Waals surface area contributed by atoms with Crippen molar-refractivity contribution in [2.75, 3.05) is 13.1 Å². The molecule has 1 N–H and O–H groups in total. The van der Waals surface area contributed by atoms with E-state index < -0.39 is 0 Å². The van der Waals surface area contributed by atoms with Gasteiger partial charge in [0.25, 0.3) is 5.91 Å². The summed E-state index contributed by atoms with van der Waals surface area (Å²) in [7, 11) is 0. The van der Waals surface area contributed by atoms with Crippen LogP contribution in [0.3, 0.4) is 0 Å². The maximum atomic E-state index is 12.6. The Kier molecular flexibility index (Phi) is 5.99. The first kappa shape index (κ1) is 18.2. The number of amides is 2. The lowest BCUT2D eigenvalue weighted by molar-refractivity contribution is -0.121. The van der Waals surface area contributed by atoms with Gasteiger partial charge < -0.3 is 10.2 Å². The lowest BCUT2D eigenvalue weighted by Crippen LogP contribution is -2.46. The van der Waals surface area contributed by atoms with Gasteiger partial charge in [0.15, 0.2) is 0 Å². The number of benzene rings is 1. The highest BCUT2D eigenvalue weighted by Gasteiger charge is 2.25. The second kappa shape index (κ2) is 8.21. The van der Waals surface area contributed by atoms with Crippen LogP contribution in [0.2, 0.25) is 10.0 Å². The average molecular weight is 397 g/mol. The van der Waals surface area contributed by atoms with Crippen LogP contribution >= 0.6 is 34.5 Å². The molecule has 1 aromatic carbocycles. The summed E-state index contributed by atoms with van der Waals surface area (Å²) in [5.74, 6) is -0.0574. The number of carbonyl (C=O) groups excluding carboxylic acids is 2. The van der Waals surface area contributed by atoms with Gasteiger partial charge in [0.2, 0.25) is 5.91 Å². The van der Waals surface area contributed by atoms with Crippen LogP contribution in [0.5, 0.6) is 0 Å². The molecule has 1 aliphatic rings. The Morgan fingerprint density at radius 1 is 1.20 bits per heavy atom. The van der Waals surface area contributed by atoms with Crippen molar-refractivity contribution in [1.82, 2.24) is 10.2 Å². The monoisotopic (exact) mass is 396 g/mol. The number of halogens is 2. The molecule has 2 amide bonds. The van der Waals surface area contributed by atoms with Crippen LogP contribution in [-0.4, -0.2) is 35.8 Å². The minimum absolute atomic E-state index is 0.0352. The summed E-state index contributed by atoms with van der Waals surface area (Å²) >= 11 is 13.6. The molecule has 1 aliphatic heterocycles. The van der Waals surface area contributed by atoms with E-state index in [0.717, 1.165) is 17.7 Å². The number of nitrogens with zero attached hydrogens (tertiary/aromatic N) is 1. The van der Waals surface area contributed by atoms with Gasteiger partial charge in [-0.15, -0.1) is 11.3 Å². The van der Waals surface area contributed by atoms with Crippen molar-refractivity contribution in [2.45, 2.75) is 25.3 Å². The second-order valence-corrected chi connectivity index (χ2v) is 7.89. The molecule has 25 heavy (non-hydrogen) atoms. The number of thiophene rings is 1. The van der Waals surface area contributed by atoms with E-state index in [1.807, 2.05) is 17.5 Å². The fourth-order valence-corrected chi connectivity index (χ4v) is 4.10. The molecule has 0 atom stereocenters. The third kappa shape index (κ3) is 4.75. The van der Waals surface area contributed by atoms with Gasteiger partial charge >= 0.3 is 0 Å². The summed E-state index contributed by atoms with van der Waals surface area (Å²) in [5.41, 5.74) is 0.464. The zero-order valence-electron chi connectivity index (χ0n) is 13.5. The molecule has 0 aliphatic carbocycles. The molecule has 0 bridgehead atoms. The van der Waals surface area contributed by atoms with Gasteiger partial charge in [0, 0.05) is 29.0 Å². The molecule has 0 radical (unpaired) electrons. The molecule has 2 aromatic rings. The Balaban J connectivity index is 1.51. The van der Waals surface area contributed by atoms with E-state index in [9.17, 15) is 9.59 Å². The first-order chi connectivity index (χ1) is 12.0. The Morgan fingerprint density at radius 3 is 2.60 bits per heavy atom. The van der Waals surface area contributed by atoms with E-state index in [1.165, 1.54) is 0 Å². The van der Waals surface area contributed by atoms with E-state index in [1.54, 1.807) is 34.4 Å². The van der Waals surface area contributed by atoms with Crippen LogP contribution in [-0.2, 0) is 11.2 Å². The largest absolute Gasteiger partial charge is 0.353 e. The number of rotatable bonds is 4. The quantitative estimate of drug-likeness (QED) is 0.847. The zero-order valence-corrected chi connectivity index (χ0v) is 15.8. The molecule has 2 heterocycles. The maximum absolute atomic E-state index is 12.6. The second-order valence-electron chi connectivity index (χ2n) is 6.01. The minimum Gasteiger partial charge on any atom is -0.353 e. The SMILES string of the molecule is O=C(Cc1cccs1)NC1CCN(C(=O)c2ccc(Cl)cc2Cl)CC1. The van der Waals surface area contributed by atoms with E-state index in [-0.39, 0.29) is 17.9 Å². The topological polar surface area (TPSA) is 49.4 Å². The predicted molar refractivity (Wildman–Crippen MR) is 102 cm³/mol. The molecule has 0 unspecified atom stereocenters. The third-order valence-corrected chi connectivity index (χ3v) is 5.65. The fraction of sp³-hybridized carbons (Fsp3) is 0.333. The normalized spacial score (nSPS) is 15.2. The summed E-state index contributed by atoms with van der Waals surface area (Å²) in [6.07, 6.45) is 1.90. The fourth-order valence-electron chi connectivity index (χ4n) is 2.91. The Morgan fingerprint density at radius 2 is 1.96 bits per heavy atom. The van der Waals surface area contributed by atoms with E-state index in [4.69, 9.17) is 23.2 Å². The molecule has 1 fully saturated rings. The molecule has 132 valence electrons. The summed E-state index contributed by atoms with van der Waals surface area (Å²) in [4.78, 5) is 27.5. The van der Waals surface area contributed by atoms with Gasteiger partial charge in [-0.3, -0.25) is 9.59 Å². The van der Waals surface area contributed by atoms with Crippen molar-refractivity contribution < 1.29 is 9.59 Å². The Labute approximate surface area is 160 Å². The smallest absolute Gasteiger partial charge is 0.255 e. The maximum Gasteiger partial charge on any atom is 0.255 e. The Hall–Kier alpha value is -1.56. The van der Waals surface area contributed by atoms with Gasteiger partial charge in [-0.05, 0) is 42.5 Å². The van der Waals surface area contributed by atoms with Gasteiger partial charge in [0.05, 0.1) is 17.0 Å². The number of piperidine rings is 1. The van der Waals surface area contributed by atoms with Crippen LogP contribution in [0.25, 0.3) is 0 Å². The van der Waals surface area contributed by atoms with Crippen molar-refractivity contribution in [2.24, 2.45) is 0 Å². The highest BCUT2D eigenvalue weighted by molar-refractivity contribution is 7.10. The molecule has 0 saturated carbocycles. The lowest BCUT2D eigenvalue weighted by atomic mass is 10.0. The lowest BCUT2D eigenvalue weighted by Gasteiger charge is -2.32. The first-order valence-electron chi connectivity index (χ1n) is 8.09.